The van der Waals surface area contributed by atoms with E-state index in [1.165, 1.54) is 0 Å². The molecular formula is C8H19BO. The van der Waals surface area contributed by atoms with Gasteiger partial charge >= 0.3 is 0 Å². The maximum absolute atomic E-state index is 5.56. The molecule has 2 heteroatoms. The molecule has 0 N–H and O–H groups in total. The first kappa shape index (κ1) is 10.0. The van der Waals surface area contributed by atoms with Crippen molar-refractivity contribution in [1.82, 2.24) is 0 Å². The molecule has 10 heavy (non-hydrogen) atoms. The standard InChI is InChI=1S/C8H19BO/c1-6-10-9(7(2)3)8(4)5/h7-8H,6H2,1-5H3. The molecule has 1 nitrogen and oxygen atoms in total. The summed E-state index contributed by atoms with van der Waals surface area (Å²) in [7, 11) is 0. The maximum atomic E-state index is 5.56. The fourth-order valence-corrected chi connectivity index (χ4v) is 1.35. The monoisotopic (exact) mass is 142 g/mol. The molecule has 0 aromatic carbocycles. The lowest BCUT2D eigenvalue weighted by atomic mass is 9.49. The Labute approximate surface area is 65.3 Å². The third-order valence-corrected chi connectivity index (χ3v) is 1.67. The van der Waals surface area contributed by atoms with Gasteiger partial charge in [0.15, 0.2) is 0 Å². The molecule has 0 heterocycles. The van der Waals surface area contributed by atoms with E-state index in [0.29, 0.717) is 18.6 Å². The van der Waals surface area contributed by atoms with Gasteiger partial charge in [-0.25, -0.2) is 0 Å². The summed E-state index contributed by atoms with van der Waals surface area (Å²) in [6.07, 6.45) is 0. The van der Waals surface area contributed by atoms with E-state index in [0.717, 1.165) is 6.61 Å². The van der Waals surface area contributed by atoms with Crippen molar-refractivity contribution >= 4 is 6.92 Å². The fraction of sp³-hybridized carbons (Fsp3) is 1.00. The molecule has 0 rings (SSSR count). The van der Waals surface area contributed by atoms with Gasteiger partial charge in [0, 0.05) is 6.61 Å². The van der Waals surface area contributed by atoms with Crippen LogP contribution in [0.4, 0.5) is 0 Å². The quantitative estimate of drug-likeness (QED) is 0.548. The first-order valence-corrected chi connectivity index (χ1v) is 4.21. The number of rotatable bonds is 4. The molecule has 0 spiro atoms. The number of hydrogen-bond donors (Lipinski definition) is 0. The van der Waals surface area contributed by atoms with Crippen molar-refractivity contribution < 1.29 is 4.65 Å². The molecule has 60 valence electrons. The molecule has 0 fully saturated rings. The van der Waals surface area contributed by atoms with Gasteiger partial charge in [-0.2, -0.15) is 0 Å². The molecule has 0 aliphatic carbocycles. The van der Waals surface area contributed by atoms with E-state index in [-0.39, 0.29) is 0 Å². The van der Waals surface area contributed by atoms with Gasteiger partial charge in [0.2, 0.25) is 0 Å². The van der Waals surface area contributed by atoms with Crippen LogP contribution in [0.5, 0.6) is 0 Å². The second kappa shape index (κ2) is 4.78. The summed E-state index contributed by atoms with van der Waals surface area (Å²) in [4.78, 5) is 0. The second-order valence-electron chi connectivity index (χ2n) is 3.41. The van der Waals surface area contributed by atoms with E-state index in [4.69, 9.17) is 4.65 Å². The Morgan fingerprint density at radius 3 is 1.60 bits per heavy atom. The van der Waals surface area contributed by atoms with E-state index >= 15 is 0 Å². The zero-order chi connectivity index (χ0) is 8.15. The van der Waals surface area contributed by atoms with Crippen LogP contribution in [0.2, 0.25) is 11.6 Å². The van der Waals surface area contributed by atoms with Crippen LogP contribution in [-0.2, 0) is 4.65 Å². The minimum Gasteiger partial charge on any atom is -0.436 e. The van der Waals surface area contributed by atoms with E-state index in [2.05, 4.69) is 34.6 Å². The smallest absolute Gasteiger partial charge is 0.298 e. The Bertz CT molecular complexity index is 73.3. The third kappa shape index (κ3) is 3.26. The summed E-state index contributed by atoms with van der Waals surface area (Å²) < 4.78 is 5.56. The van der Waals surface area contributed by atoms with Gasteiger partial charge in [-0.3, -0.25) is 0 Å². The van der Waals surface area contributed by atoms with Crippen LogP contribution in [-0.4, -0.2) is 13.5 Å². The molecule has 0 amide bonds. The SMILES string of the molecule is CCOB(C(C)C)C(C)C. The summed E-state index contributed by atoms with van der Waals surface area (Å²) in [5.74, 6) is 1.28. The average molecular weight is 142 g/mol. The normalized spacial score (nSPS) is 11.1. The zero-order valence-corrected chi connectivity index (χ0v) is 7.85. The van der Waals surface area contributed by atoms with Crippen molar-refractivity contribution in [3.05, 3.63) is 0 Å². The summed E-state index contributed by atoms with van der Waals surface area (Å²) in [6, 6.07) is 0. The Balaban J connectivity index is 3.73. The first-order valence-electron chi connectivity index (χ1n) is 4.21. The third-order valence-electron chi connectivity index (χ3n) is 1.67. The van der Waals surface area contributed by atoms with E-state index < -0.39 is 0 Å². The maximum Gasteiger partial charge on any atom is 0.298 e. The summed E-state index contributed by atoms with van der Waals surface area (Å²) >= 11 is 0. The molecule has 0 aromatic heterocycles. The predicted molar refractivity (Wildman–Crippen MR) is 47.6 cm³/mol. The van der Waals surface area contributed by atoms with Crippen LogP contribution in [0.3, 0.4) is 0 Å². The largest absolute Gasteiger partial charge is 0.436 e. The van der Waals surface area contributed by atoms with E-state index in [9.17, 15) is 0 Å². The zero-order valence-electron chi connectivity index (χ0n) is 7.85. The van der Waals surface area contributed by atoms with Gasteiger partial charge in [-0.1, -0.05) is 27.7 Å². The highest BCUT2D eigenvalue weighted by molar-refractivity contribution is 6.54. The molecule has 0 saturated carbocycles. The minimum atomic E-state index is 0.435. The number of hydrogen-bond acceptors (Lipinski definition) is 1. The van der Waals surface area contributed by atoms with Crippen LogP contribution in [0, 0.1) is 0 Å². The highest BCUT2D eigenvalue weighted by Crippen LogP contribution is 2.20. The Hall–Kier alpha value is 0.0249. The minimum absolute atomic E-state index is 0.435. The lowest BCUT2D eigenvalue weighted by Gasteiger charge is -2.19. The first-order chi connectivity index (χ1) is 4.59. The van der Waals surface area contributed by atoms with Crippen molar-refractivity contribution in [1.29, 1.82) is 0 Å². The van der Waals surface area contributed by atoms with Gasteiger partial charge in [0.25, 0.3) is 6.92 Å². The lowest BCUT2D eigenvalue weighted by Crippen LogP contribution is -2.25. The molecule has 0 aliphatic heterocycles. The highest BCUT2D eigenvalue weighted by atomic mass is 16.4. The molecular weight excluding hydrogens is 123 g/mol. The van der Waals surface area contributed by atoms with Crippen LogP contribution in [0.25, 0.3) is 0 Å². The average Bonchev–Trinajstić information content (AvgIpc) is 1.81. The summed E-state index contributed by atoms with van der Waals surface area (Å²) in [5.41, 5.74) is 0. The van der Waals surface area contributed by atoms with Gasteiger partial charge in [0.1, 0.15) is 0 Å². The molecule has 0 radical (unpaired) electrons. The van der Waals surface area contributed by atoms with Crippen molar-refractivity contribution in [2.75, 3.05) is 6.61 Å². The molecule has 0 atom stereocenters. The van der Waals surface area contributed by atoms with E-state index in [1.807, 2.05) is 0 Å². The molecule has 0 aliphatic rings. The molecule has 0 bridgehead atoms. The Morgan fingerprint density at radius 1 is 1.10 bits per heavy atom. The molecule has 0 unspecified atom stereocenters. The van der Waals surface area contributed by atoms with Crippen LogP contribution in [0.1, 0.15) is 34.6 Å². The molecule has 0 aromatic rings. The summed E-state index contributed by atoms with van der Waals surface area (Å²) in [5, 5.41) is 0. The Kier molecular flexibility index (Phi) is 4.79. The van der Waals surface area contributed by atoms with Gasteiger partial charge < -0.3 is 4.65 Å². The lowest BCUT2D eigenvalue weighted by molar-refractivity contribution is 0.329. The summed E-state index contributed by atoms with van der Waals surface area (Å²) in [6.45, 7) is 12.2. The van der Waals surface area contributed by atoms with Crippen molar-refractivity contribution in [3.8, 4) is 0 Å². The topological polar surface area (TPSA) is 9.23 Å². The highest BCUT2D eigenvalue weighted by Gasteiger charge is 2.22. The van der Waals surface area contributed by atoms with E-state index in [1.54, 1.807) is 0 Å². The second-order valence-corrected chi connectivity index (χ2v) is 3.41. The van der Waals surface area contributed by atoms with Gasteiger partial charge in [-0.05, 0) is 18.6 Å². The van der Waals surface area contributed by atoms with Crippen LogP contribution < -0.4 is 0 Å². The van der Waals surface area contributed by atoms with Crippen molar-refractivity contribution in [2.45, 2.75) is 46.3 Å². The molecule has 0 saturated heterocycles. The van der Waals surface area contributed by atoms with Gasteiger partial charge in [-0.15, -0.1) is 0 Å². The fourth-order valence-electron chi connectivity index (χ4n) is 1.35. The van der Waals surface area contributed by atoms with Crippen LogP contribution >= 0.6 is 0 Å². The van der Waals surface area contributed by atoms with Crippen molar-refractivity contribution in [3.63, 3.8) is 0 Å². The predicted octanol–water partition coefficient (Wildman–Crippen LogP) is 2.83. The van der Waals surface area contributed by atoms with Crippen LogP contribution in [0.15, 0.2) is 0 Å². The van der Waals surface area contributed by atoms with Gasteiger partial charge in [0.05, 0.1) is 0 Å². The van der Waals surface area contributed by atoms with Crippen molar-refractivity contribution in [2.24, 2.45) is 0 Å². The Morgan fingerprint density at radius 2 is 1.50 bits per heavy atom.